The largest absolute Gasteiger partial charge is 0.423 e. The van der Waals surface area contributed by atoms with Gasteiger partial charge in [0.25, 0.3) is 5.79 Å². The molecule has 0 aliphatic heterocycles. The van der Waals surface area contributed by atoms with Crippen LogP contribution in [0.25, 0.3) is 43.1 Å². The number of carbonyl (C=O) groups is 5. The Balaban J connectivity index is 1.06. The normalized spacial score (nSPS) is 14.1. The molecule has 318 valence electrons. The van der Waals surface area contributed by atoms with Crippen molar-refractivity contribution in [3.05, 3.63) is 246 Å². The van der Waals surface area contributed by atoms with Crippen molar-refractivity contribution in [2.45, 2.75) is 5.79 Å². The number of ether oxygens (including phenoxy) is 4. The van der Waals surface area contributed by atoms with E-state index in [1.165, 1.54) is 42.5 Å². The van der Waals surface area contributed by atoms with Crippen molar-refractivity contribution >= 4 is 72.8 Å². The lowest BCUT2D eigenvalue weighted by Crippen LogP contribution is -2.49. The van der Waals surface area contributed by atoms with Crippen LogP contribution >= 0.6 is 0 Å². The zero-order valence-corrected chi connectivity index (χ0v) is 35.0. The first-order valence-electron chi connectivity index (χ1n) is 21.1. The van der Waals surface area contributed by atoms with Crippen LogP contribution < -0.4 is 4.74 Å². The van der Waals surface area contributed by atoms with E-state index in [-0.39, 0.29) is 33.8 Å². The zero-order chi connectivity index (χ0) is 45.2. The molecule has 1 unspecified atom stereocenters. The number of benzene rings is 9. The van der Waals surface area contributed by atoms with Gasteiger partial charge >= 0.3 is 23.9 Å². The maximum atomic E-state index is 15.0. The van der Waals surface area contributed by atoms with Crippen LogP contribution in [-0.4, -0.2) is 35.4 Å². The van der Waals surface area contributed by atoms with E-state index in [0.717, 1.165) is 26.9 Å². The highest BCUT2D eigenvalue weighted by molar-refractivity contribution is 6.09. The number of esters is 4. The van der Waals surface area contributed by atoms with Crippen molar-refractivity contribution in [3.63, 3.8) is 0 Å². The molecule has 1 aliphatic carbocycles. The highest BCUT2D eigenvalue weighted by Gasteiger charge is 2.51. The van der Waals surface area contributed by atoms with Gasteiger partial charge in [-0.15, -0.1) is 0 Å². The summed E-state index contributed by atoms with van der Waals surface area (Å²) in [5.41, 5.74) is 0.998. The predicted octanol–water partition coefficient (Wildman–Crippen LogP) is 12.0. The highest BCUT2D eigenvalue weighted by Crippen LogP contribution is 2.39. The van der Waals surface area contributed by atoms with Crippen molar-refractivity contribution in [1.82, 2.24) is 0 Å². The Morgan fingerprint density at radius 1 is 0.379 bits per heavy atom. The van der Waals surface area contributed by atoms with Crippen LogP contribution in [0.15, 0.2) is 218 Å². The average molecular weight is 865 g/mol. The number of fused-ring (bicyclic) bond motifs is 4. The molecular formula is C57H36O9. The smallest absolute Gasteiger partial charge is 0.344 e. The molecule has 66 heavy (non-hydrogen) atoms. The molecule has 0 radical (unpaired) electrons. The fraction of sp³-hybridized carbons (Fsp3) is 0.0351. The molecule has 0 aromatic heterocycles. The van der Waals surface area contributed by atoms with Gasteiger partial charge in [0.1, 0.15) is 17.4 Å². The Morgan fingerprint density at radius 2 is 0.742 bits per heavy atom. The molecule has 9 nitrogen and oxygen atoms in total. The summed E-state index contributed by atoms with van der Waals surface area (Å²) in [6.45, 7) is 0. The van der Waals surface area contributed by atoms with Crippen LogP contribution in [0.3, 0.4) is 0 Å². The predicted molar refractivity (Wildman–Crippen MR) is 251 cm³/mol. The van der Waals surface area contributed by atoms with Gasteiger partial charge in [-0.25, -0.2) is 19.2 Å². The van der Waals surface area contributed by atoms with Gasteiger partial charge in [0, 0.05) is 11.6 Å². The van der Waals surface area contributed by atoms with Gasteiger partial charge in [0.05, 0.1) is 22.3 Å². The van der Waals surface area contributed by atoms with Gasteiger partial charge in [0.15, 0.2) is 5.78 Å². The van der Waals surface area contributed by atoms with Gasteiger partial charge in [0.2, 0.25) is 0 Å². The standard InChI is InChI=1S/C57H36O9/c58-52(40-29-31-41(32-30-40)63-53(59)47-25-9-17-36-13-1-5-21-43(36)47)51-34-33-42(64-54(60)48-26-10-18-37-14-2-6-22-44(37)48)35-57(51,65-55(61)49-27-11-19-38-15-3-7-23-45(38)49)66-56(62)50-28-12-20-39-16-4-8-24-46(39)50/h1-35,51H. The molecule has 0 heterocycles. The van der Waals surface area contributed by atoms with E-state index >= 15 is 0 Å². The molecule has 0 saturated carbocycles. The third-order valence-electron chi connectivity index (χ3n) is 11.6. The third kappa shape index (κ3) is 7.86. The molecule has 9 aromatic rings. The molecule has 0 saturated heterocycles. The number of hydrogen-bond acceptors (Lipinski definition) is 9. The number of carbonyl (C=O) groups excluding carboxylic acids is 5. The molecule has 0 fully saturated rings. The van der Waals surface area contributed by atoms with Gasteiger partial charge in [-0.3, -0.25) is 4.79 Å². The number of rotatable bonds is 10. The molecule has 0 spiro atoms. The summed E-state index contributed by atoms with van der Waals surface area (Å²) >= 11 is 0. The van der Waals surface area contributed by atoms with E-state index in [1.807, 2.05) is 84.9 Å². The molecule has 1 atom stereocenters. The van der Waals surface area contributed by atoms with Crippen LogP contribution in [0.2, 0.25) is 0 Å². The molecule has 10 rings (SSSR count). The lowest BCUT2D eigenvalue weighted by atomic mass is 9.85. The summed E-state index contributed by atoms with van der Waals surface area (Å²) in [5, 5.41) is 5.63. The molecule has 0 bridgehead atoms. The summed E-state index contributed by atoms with van der Waals surface area (Å²) in [6, 6.07) is 55.9. The SMILES string of the molecule is O=C(OC1=CC(OC(=O)c2cccc3ccccc23)(OC(=O)c2cccc3ccccc23)C(C(=O)c2ccc(OC(=O)c3cccc4ccccc34)cc2)C=C1)c1cccc2ccccc12. The summed E-state index contributed by atoms with van der Waals surface area (Å²) in [5.74, 6) is -7.85. The summed E-state index contributed by atoms with van der Waals surface area (Å²) < 4.78 is 24.5. The zero-order valence-electron chi connectivity index (χ0n) is 35.0. The van der Waals surface area contributed by atoms with E-state index in [4.69, 9.17) is 18.9 Å². The number of allylic oxidation sites excluding steroid dienone is 1. The van der Waals surface area contributed by atoms with Crippen molar-refractivity contribution < 1.29 is 42.9 Å². The first-order chi connectivity index (χ1) is 32.2. The first kappa shape index (κ1) is 41.1. The fourth-order valence-electron chi connectivity index (χ4n) is 8.41. The molecule has 0 N–H and O–H groups in total. The van der Waals surface area contributed by atoms with Crippen LogP contribution in [0.1, 0.15) is 51.8 Å². The quantitative estimate of drug-likeness (QED) is 0.0572. The maximum Gasteiger partial charge on any atom is 0.344 e. The van der Waals surface area contributed by atoms with Crippen LogP contribution in [0, 0.1) is 5.92 Å². The maximum absolute atomic E-state index is 15.0. The molecular weight excluding hydrogens is 829 g/mol. The Kier molecular flexibility index (Phi) is 10.8. The van der Waals surface area contributed by atoms with E-state index < -0.39 is 41.4 Å². The molecule has 9 heteroatoms. The number of ketones is 1. The summed E-state index contributed by atoms with van der Waals surface area (Å²) in [4.78, 5) is 71.8. The fourth-order valence-corrected chi connectivity index (χ4v) is 8.41. The van der Waals surface area contributed by atoms with Gasteiger partial charge in [-0.2, -0.15) is 0 Å². The molecule has 9 aromatic carbocycles. The molecule has 1 aliphatic rings. The Labute approximate surface area is 377 Å². The minimum absolute atomic E-state index is 0.103. The monoisotopic (exact) mass is 864 g/mol. The van der Waals surface area contributed by atoms with Crippen LogP contribution in [0.4, 0.5) is 0 Å². The Morgan fingerprint density at radius 3 is 1.17 bits per heavy atom. The van der Waals surface area contributed by atoms with Gasteiger partial charge in [-0.1, -0.05) is 152 Å². The second kappa shape index (κ2) is 17.3. The van der Waals surface area contributed by atoms with Crippen molar-refractivity contribution in [2.24, 2.45) is 5.92 Å². The Bertz CT molecular complexity index is 3380. The van der Waals surface area contributed by atoms with Gasteiger partial charge in [-0.05, 0) is 97.7 Å². The van der Waals surface area contributed by atoms with E-state index in [2.05, 4.69) is 0 Å². The number of Topliss-reactive ketones (excluding diaryl/α,β-unsaturated/α-hetero) is 1. The average Bonchev–Trinajstić information content (AvgIpc) is 3.35. The lowest BCUT2D eigenvalue weighted by molar-refractivity contribution is -0.151. The highest BCUT2D eigenvalue weighted by atomic mass is 16.7. The number of hydrogen-bond donors (Lipinski definition) is 0. The van der Waals surface area contributed by atoms with Crippen LogP contribution in [0.5, 0.6) is 5.75 Å². The van der Waals surface area contributed by atoms with Crippen molar-refractivity contribution in [3.8, 4) is 5.75 Å². The lowest BCUT2D eigenvalue weighted by Gasteiger charge is -2.37. The minimum Gasteiger partial charge on any atom is -0.423 e. The van der Waals surface area contributed by atoms with Crippen LogP contribution in [-0.2, 0) is 14.2 Å². The Hall–Kier alpha value is -8.95. The van der Waals surface area contributed by atoms with E-state index in [9.17, 15) is 24.0 Å². The van der Waals surface area contributed by atoms with Crippen molar-refractivity contribution in [1.29, 1.82) is 0 Å². The van der Waals surface area contributed by atoms with Gasteiger partial charge < -0.3 is 18.9 Å². The first-order valence-corrected chi connectivity index (χ1v) is 21.1. The molecule has 0 amide bonds. The second-order valence-electron chi connectivity index (χ2n) is 15.7. The summed E-state index contributed by atoms with van der Waals surface area (Å²) in [6.07, 6.45) is 3.97. The van der Waals surface area contributed by atoms with Crippen molar-refractivity contribution in [2.75, 3.05) is 0 Å². The second-order valence-corrected chi connectivity index (χ2v) is 15.7. The van der Waals surface area contributed by atoms with E-state index in [0.29, 0.717) is 21.7 Å². The minimum atomic E-state index is -2.54. The third-order valence-corrected chi connectivity index (χ3v) is 11.6. The topological polar surface area (TPSA) is 122 Å². The summed E-state index contributed by atoms with van der Waals surface area (Å²) in [7, 11) is 0. The van der Waals surface area contributed by atoms with E-state index in [1.54, 1.807) is 84.9 Å².